The minimum absolute atomic E-state index is 0.0159. The van der Waals surface area contributed by atoms with Gasteiger partial charge in [0.25, 0.3) is 5.91 Å². The number of aromatic nitrogens is 2. The first-order chi connectivity index (χ1) is 18.5. The van der Waals surface area contributed by atoms with E-state index in [1.54, 1.807) is 6.20 Å². The molecule has 2 fully saturated rings. The van der Waals surface area contributed by atoms with Gasteiger partial charge in [-0.1, -0.05) is 35.3 Å². The van der Waals surface area contributed by atoms with Crippen LogP contribution in [0.2, 0.25) is 10.0 Å². The van der Waals surface area contributed by atoms with Gasteiger partial charge in [-0.15, -0.1) is 0 Å². The van der Waals surface area contributed by atoms with Crippen molar-refractivity contribution in [3.8, 4) is 0 Å². The molecule has 3 heterocycles. The number of carbonyl (C=O) groups excluding carboxylic acids is 2. The van der Waals surface area contributed by atoms with Gasteiger partial charge in [0.05, 0.1) is 5.52 Å². The van der Waals surface area contributed by atoms with Crippen molar-refractivity contribution in [2.24, 2.45) is 11.8 Å². The number of halogens is 2. The largest absolute Gasteiger partial charge is 0.352 e. The molecular formula is C29H29Cl2N5O2. The number of amides is 2. The predicted molar refractivity (Wildman–Crippen MR) is 152 cm³/mol. The van der Waals surface area contributed by atoms with Crippen LogP contribution in [0.4, 0.5) is 5.82 Å². The number of piperidine rings is 1. The summed E-state index contributed by atoms with van der Waals surface area (Å²) in [4.78, 5) is 35.4. The third-order valence-corrected chi connectivity index (χ3v) is 8.38. The summed E-state index contributed by atoms with van der Waals surface area (Å²) >= 11 is 12.7. The lowest BCUT2D eigenvalue weighted by Gasteiger charge is -2.32. The molecular weight excluding hydrogens is 521 g/mol. The Balaban J connectivity index is 1.07. The minimum Gasteiger partial charge on any atom is -0.352 e. The number of fused-ring (bicyclic) bond motifs is 3. The summed E-state index contributed by atoms with van der Waals surface area (Å²) in [6.45, 7) is 3.27. The van der Waals surface area contributed by atoms with Crippen LogP contribution < -0.4 is 10.6 Å². The molecule has 0 spiro atoms. The van der Waals surface area contributed by atoms with Gasteiger partial charge < -0.3 is 15.6 Å². The van der Waals surface area contributed by atoms with Gasteiger partial charge >= 0.3 is 0 Å². The lowest BCUT2D eigenvalue weighted by molar-refractivity contribution is -0.117. The number of nitrogens with zero attached hydrogens (tertiary/aromatic N) is 2. The number of nitrogens with one attached hydrogen (secondary N) is 3. The lowest BCUT2D eigenvalue weighted by Crippen LogP contribution is -2.38. The van der Waals surface area contributed by atoms with Crippen molar-refractivity contribution in [1.82, 2.24) is 20.2 Å². The lowest BCUT2D eigenvalue weighted by atomic mass is 9.96. The summed E-state index contributed by atoms with van der Waals surface area (Å²) < 4.78 is 0. The summed E-state index contributed by atoms with van der Waals surface area (Å²) in [5.41, 5.74) is 3.20. The molecule has 7 nitrogen and oxygen atoms in total. The van der Waals surface area contributed by atoms with Crippen LogP contribution in [0, 0.1) is 11.8 Å². The molecule has 3 N–H and O–H groups in total. The van der Waals surface area contributed by atoms with Crippen molar-refractivity contribution in [2.75, 3.05) is 25.0 Å². The molecule has 0 radical (unpaired) electrons. The Bertz CT molecular complexity index is 1500. The molecule has 0 bridgehead atoms. The standard InChI is InChI=1S/C29H29Cl2N5O2/c30-23-2-1-3-24(31)22(23)16-36-12-9-17(10-13-36)15-33-28(37)19-6-7-20-21-8-11-32-27(26(21)34-25(20)14-19)35-29(38)18-4-5-18/h1-3,6-8,11,14,17-18,34H,4-5,9-10,12-13,15-16H2,(H,33,37)(H,32,35,38). The number of aromatic amines is 1. The van der Waals surface area contributed by atoms with Crippen molar-refractivity contribution in [3.63, 3.8) is 0 Å². The number of pyridine rings is 1. The fourth-order valence-electron chi connectivity index (χ4n) is 5.23. The number of hydrogen-bond donors (Lipinski definition) is 3. The van der Waals surface area contributed by atoms with Crippen LogP contribution >= 0.6 is 23.2 Å². The second-order valence-corrected chi connectivity index (χ2v) is 11.2. The number of hydrogen-bond acceptors (Lipinski definition) is 4. The molecule has 196 valence electrons. The highest BCUT2D eigenvalue weighted by atomic mass is 35.5. The van der Waals surface area contributed by atoms with Crippen LogP contribution in [0.15, 0.2) is 48.7 Å². The van der Waals surface area contributed by atoms with Crippen molar-refractivity contribution >= 4 is 62.6 Å². The fourth-order valence-corrected chi connectivity index (χ4v) is 5.74. The number of carbonyl (C=O) groups is 2. The van der Waals surface area contributed by atoms with E-state index in [2.05, 4.69) is 25.5 Å². The topological polar surface area (TPSA) is 90.1 Å². The molecule has 38 heavy (non-hydrogen) atoms. The Morgan fingerprint density at radius 3 is 2.50 bits per heavy atom. The van der Waals surface area contributed by atoms with E-state index < -0.39 is 0 Å². The molecule has 0 unspecified atom stereocenters. The highest BCUT2D eigenvalue weighted by Gasteiger charge is 2.30. The Labute approximate surface area is 230 Å². The molecule has 1 aliphatic carbocycles. The average Bonchev–Trinajstić information content (AvgIpc) is 3.71. The van der Waals surface area contributed by atoms with Gasteiger partial charge in [-0.2, -0.15) is 0 Å². The van der Waals surface area contributed by atoms with Crippen LogP contribution in [-0.2, 0) is 11.3 Å². The van der Waals surface area contributed by atoms with Gasteiger partial charge in [-0.05, 0) is 75.0 Å². The van der Waals surface area contributed by atoms with Gasteiger partial charge in [0, 0.05) is 62.7 Å². The Morgan fingerprint density at radius 1 is 1.00 bits per heavy atom. The molecule has 1 saturated carbocycles. The number of likely N-dealkylation sites (tertiary alicyclic amines) is 1. The quantitative estimate of drug-likeness (QED) is 0.263. The average molecular weight is 550 g/mol. The first-order valence-corrected chi connectivity index (χ1v) is 13.9. The summed E-state index contributed by atoms with van der Waals surface area (Å²) in [5.74, 6) is 0.987. The monoisotopic (exact) mass is 549 g/mol. The van der Waals surface area contributed by atoms with Crippen molar-refractivity contribution in [3.05, 3.63) is 69.8 Å². The van der Waals surface area contributed by atoms with Gasteiger partial charge in [-0.3, -0.25) is 14.5 Å². The van der Waals surface area contributed by atoms with Crippen LogP contribution in [-0.4, -0.2) is 46.3 Å². The number of rotatable bonds is 7. The summed E-state index contributed by atoms with van der Waals surface area (Å²) in [6.07, 6.45) is 5.58. The van der Waals surface area contributed by atoms with E-state index in [1.807, 2.05) is 42.5 Å². The molecule has 2 aromatic carbocycles. The van der Waals surface area contributed by atoms with E-state index in [1.165, 1.54) is 0 Å². The second kappa shape index (κ2) is 10.6. The van der Waals surface area contributed by atoms with Gasteiger partial charge in [0.1, 0.15) is 0 Å². The summed E-state index contributed by atoms with van der Waals surface area (Å²) in [6, 6.07) is 13.2. The molecule has 2 aliphatic rings. The molecule has 2 amide bonds. The zero-order valence-electron chi connectivity index (χ0n) is 20.9. The highest BCUT2D eigenvalue weighted by Crippen LogP contribution is 2.33. The number of benzene rings is 2. The normalized spacial score (nSPS) is 16.7. The van der Waals surface area contributed by atoms with E-state index in [0.29, 0.717) is 33.9 Å². The SMILES string of the molecule is O=C(NCC1CCN(Cc2c(Cl)cccc2Cl)CC1)c1ccc2c(c1)[nH]c1c(NC(=O)C3CC3)nccc12. The molecule has 6 rings (SSSR count). The fraction of sp³-hybridized carbons (Fsp3) is 0.345. The Kier molecular flexibility index (Phi) is 6.99. The minimum atomic E-state index is -0.0868. The Morgan fingerprint density at radius 2 is 1.76 bits per heavy atom. The maximum absolute atomic E-state index is 13.0. The van der Waals surface area contributed by atoms with E-state index in [0.717, 1.165) is 72.7 Å². The zero-order chi connectivity index (χ0) is 26.2. The smallest absolute Gasteiger partial charge is 0.251 e. The maximum Gasteiger partial charge on any atom is 0.251 e. The first kappa shape index (κ1) is 25.2. The van der Waals surface area contributed by atoms with Gasteiger partial charge in [0.15, 0.2) is 5.82 Å². The Hall–Kier alpha value is -3.13. The third kappa shape index (κ3) is 5.23. The first-order valence-electron chi connectivity index (χ1n) is 13.1. The van der Waals surface area contributed by atoms with Crippen LogP contribution in [0.25, 0.3) is 21.8 Å². The van der Waals surface area contributed by atoms with E-state index in [-0.39, 0.29) is 17.7 Å². The van der Waals surface area contributed by atoms with Gasteiger partial charge in [-0.25, -0.2) is 4.98 Å². The predicted octanol–water partition coefficient (Wildman–Crippen LogP) is 6.01. The molecule has 0 atom stereocenters. The molecule has 4 aromatic rings. The number of H-pyrrole nitrogens is 1. The van der Waals surface area contributed by atoms with Gasteiger partial charge in [0.2, 0.25) is 5.91 Å². The van der Waals surface area contributed by atoms with E-state index in [9.17, 15) is 9.59 Å². The maximum atomic E-state index is 13.0. The number of anilines is 1. The molecule has 9 heteroatoms. The van der Waals surface area contributed by atoms with E-state index in [4.69, 9.17) is 23.2 Å². The van der Waals surface area contributed by atoms with Crippen molar-refractivity contribution in [2.45, 2.75) is 32.2 Å². The van der Waals surface area contributed by atoms with Crippen LogP contribution in [0.3, 0.4) is 0 Å². The summed E-state index contributed by atoms with van der Waals surface area (Å²) in [5, 5.41) is 9.44. The van der Waals surface area contributed by atoms with Crippen molar-refractivity contribution in [1.29, 1.82) is 0 Å². The molecule has 1 saturated heterocycles. The van der Waals surface area contributed by atoms with Crippen molar-refractivity contribution < 1.29 is 9.59 Å². The van der Waals surface area contributed by atoms with E-state index >= 15 is 0 Å². The van der Waals surface area contributed by atoms with Crippen LogP contribution in [0.1, 0.15) is 41.6 Å². The molecule has 2 aromatic heterocycles. The second-order valence-electron chi connectivity index (χ2n) is 10.4. The zero-order valence-corrected chi connectivity index (χ0v) is 22.4. The highest BCUT2D eigenvalue weighted by molar-refractivity contribution is 6.36. The summed E-state index contributed by atoms with van der Waals surface area (Å²) in [7, 11) is 0. The van der Waals surface area contributed by atoms with Crippen LogP contribution in [0.5, 0.6) is 0 Å². The molecule has 1 aliphatic heterocycles. The third-order valence-electron chi connectivity index (χ3n) is 7.67.